The van der Waals surface area contributed by atoms with E-state index in [-0.39, 0.29) is 5.92 Å². The summed E-state index contributed by atoms with van der Waals surface area (Å²) in [6.07, 6.45) is 2.59. The maximum Gasteiger partial charge on any atom is 0.366 e. The van der Waals surface area contributed by atoms with Gasteiger partial charge >= 0.3 is 5.97 Å². The molecule has 3 rings (SSSR count). The van der Waals surface area contributed by atoms with Crippen molar-refractivity contribution in [1.29, 1.82) is 0 Å². The molecule has 0 aliphatic carbocycles. The van der Waals surface area contributed by atoms with Gasteiger partial charge in [0.2, 0.25) is 0 Å². The molecule has 2 aromatic rings. The molecule has 1 aromatic heterocycles. The zero-order valence-electron chi connectivity index (χ0n) is 17.2. The number of benzene rings is 1. The fraction of sp³-hybridized carbons (Fsp3) is 0.455. The van der Waals surface area contributed by atoms with Gasteiger partial charge in [-0.05, 0) is 36.2 Å². The number of carbonyl (C=O) groups is 1. The van der Waals surface area contributed by atoms with Crippen LogP contribution in [0, 0.1) is 5.92 Å². The number of hydrogen-bond donors (Lipinski definition) is 0. The van der Waals surface area contributed by atoms with Crippen molar-refractivity contribution in [3.8, 4) is 5.75 Å². The average molecular weight is 400 g/mol. The molecule has 2 heterocycles. The molecule has 0 atom stereocenters. The van der Waals surface area contributed by atoms with Crippen LogP contribution in [0.15, 0.2) is 48.7 Å². The van der Waals surface area contributed by atoms with E-state index in [9.17, 15) is 4.79 Å². The lowest BCUT2D eigenvalue weighted by Gasteiger charge is -2.35. The Hall–Kier alpha value is -2.64. The lowest BCUT2D eigenvalue weighted by Crippen LogP contribution is -2.48. The molecule has 0 bridgehead atoms. The van der Waals surface area contributed by atoms with E-state index in [1.54, 1.807) is 13.1 Å². The van der Waals surface area contributed by atoms with Crippen LogP contribution in [0.1, 0.15) is 12.5 Å². The predicted molar refractivity (Wildman–Crippen MR) is 109 cm³/mol. The van der Waals surface area contributed by atoms with Gasteiger partial charge in [-0.2, -0.15) is 0 Å². The molecule has 7 heteroatoms. The molecule has 0 amide bonds. The van der Waals surface area contributed by atoms with Gasteiger partial charge in [0.25, 0.3) is 5.79 Å². The summed E-state index contributed by atoms with van der Waals surface area (Å²) in [5.74, 6) is 0.132. The van der Waals surface area contributed by atoms with Crippen molar-refractivity contribution >= 4 is 11.8 Å². The summed E-state index contributed by atoms with van der Waals surface area (Å²) in [7, 11) is 3.32. The third kappa shape index (κ3) is 5.68. The fourth-order valence-electron chi connectivity index (χ4n) is 3.11. The summed E-state index contributed by atoms with van der Waals surface area (Å²) >= 11 is 0. The van der Waals surface area contributed by atoms with Crippen LogP contribution in [0.3, 0.4) is 0 Å². The van der Waals surface area contributed by atoms with Crippen molar-refractivity contribution in [2.75, 3.05) is 45.4 Å². The highest BCUT2D eigenvalue weighted by Gasteiger charge is 2.41. The van der Waals surface area contributed by atoms with Crippen molar-refractivity contribution in [1.82, 2.24) is 4.98 Å². The van der Waals surface area contributed by atoms with Crippen molar-refractivity contribution in [2.45, 2.75) is 19.1 Å². The van der Waals surface area contributed by atoms with E-state index in [2.05, 4.69) is 9.88 Å². The minimum atomic E-state index is -1.30. The second-order valence-electron chi connectivity index (χ2n) is 7.23. The Kier molecular flexibility index (Phi) is 7.06. The highest BCUT2D eigenvalue weighted by atomic mass is 16.7. The molecular formula is C22H28N2O5. The van der Waals surface area contributed by atoms with E-state index >= 15 is 0 Å². The van der Waals surface area contributed by atoms with Crippen LogP contribution in [-0.4, -0.2) is 57.3 Å². The predicted octanol–water partition coefficient (Wildman–Crippen LogP) is 2.69. The number of aromatic nitrogens is 1. The highest BCUT2D eigenvalue weighted by Crippen LogP contribution is 2.25. The number of pyridine rings is 1. The quantitative estimate of drug-likeness (QED) is 0.631. The fourth-order valence-corrected chi connectivity index (χ4v) is 3.11. The first-order valence-electron chi connectivity index (χ1n) is 9.70. The van der Waals surface area contributed by atoms with Gasteiger partial charge in [0.15, 0.2) is 0 Å². The summed E-state index contributed by atoms with van der Waals surface area (Å²) in [5, 5.41) is 0. The Bertz CT molecular complexity index is 774. The number of nitrogens with zero attached hydrogens (tertiary/aromatic N) is 2. The maximum absolute atomic E-state index is 11.7. The molecule has 1 aliphatic heterocycles. The van der Waals surface area contributed by atoms with E-state index in [0.717, 1.165) is 24.5 Å². The maximum atomic E-state index is 11.7. The molecule has 1 saturated heterocycles. The lowest BCUT2D eigenvalue weighted by atomic mass is 9.99. The topological polar surface area (TPSA) is 70.1 Å². The van der Waals surface area contributed by atoms with Gasteiger partial charge in [-0.1, -0.05) is 18.2 Å². The Morgan fingerprint density at radius 2 is 1.93 bits per heavy atom. The van der Waals surface area contributed by atoms with Gasteiger partial charge in [0.05, 0.1) is 26.9 Å². The van der Waals surface area contributed by atoms with Gasteiger partial charge in [-0.15, -0.1) is 0 Å². The molecule has 0 saturated carbocycles. The lowest BCUT2D eigenvalue weighted by molar-refractivity contribution is -0.272. The molecule has 1 aliphatic rings. The number of methoxy groups -OCH3 is 1. The largest absolute Gasteiger partial charge is 0.492 e. The first kappa shape index (κ1) is 21.1. The summed E-state index contributed by atoms with van der Waals surface area (Å²) < 4.78 is 21.8. The Labute approximate surface area is 171 Å². The molecule has 1 fully saturated rings. The van der Waals surface area contributed by atoms with E-state index in [1.165, 1.54) is 12.7 Å². The van der Waals surface area contributed by atoms with Gasteiger partial charge in [0.1, 0.15) is 18.2 Å². The summed E-state index contributed by atoms with van der Waals surface area (Å²) in [5.41, 5.74) is 1.17. The third-order valence-corrected chi connectivity index (χ3v) is 4.93. The van der Waals surface area contributed by atoms with Crippen LogP contribution in [0.4, 0.5) is 5.82 Å². The first-order chi connectivity index (χ1) is 14.0. The van der Waals surface area contributed by atoms with E-state index < -0.39 is 11.8 Å². The standard InChI is InChI=1S/C22H28N2O5/c1-22(21(25)26-3)28-15-18(16-29-22)14-17-7-9-19(10-8-17)27-13-12-24(2)20-6-4-5-11-23-20/h4-11,18H,12-16H2,1-3H3/t18-,22+. The molecular weight excluding hydrogens is 372 g/mol. The summed E-state index contributed by atoms with van der Waals surface area (Å²) in [6, 6.07) is 13.9. The third-order valence-electron chi connectivity index (χ3n) is 4.93. The molecule has 156 valence electrons. The van der Waals surface area contributed by atoms with Crippen LogP contribution in [0.5, 0.6) is 5.75 Å². The number of likely N-dealkylation sites (N-methyl/N-ethyl adjacent to an activating group) is 1. The zero-order valence-corrected chi connectivity index (χ0v) is 17.2. The smallest absolute Gasteiger partial charge is 0.366 e. The minimum absolute atomic E-state index is 0.187. The number of carbonyl (C=O) groups excluding carboxylic acids is 1. The van der Waals surface area contributed by atoms with E-state index in [4.69, 9.17) is 18.9 Å². The number of hydrogen-bond acceptors (Lipinski definition) is 7. The normalized spacial score (nSPS) is 21.4. The Morgan fingerprint density at radius 3 is 2.55 bits per heavy atom. The monoisotopic (exact) mass is 400 g/mol. The van der Waals surface area contributed by atoms with Crippen molar-refractivity contribution in [3.05, 3.63) is 54.2 Å². The molecule has 0 unspecified atom stereocenters. The molecule has 29 heavy (non-hydrogen) atoms. The summed E-state index contributed by atoms with van der Waals surface area (Å²) in [6.45, 7) is 3.80. The number of esters is 1. The van der Waals surface area contributed by atoms with Gasteiger partial charge in [-0.3, -0.25) is 0 Å². The van der Waals surface area contributed by atoms with Crippen molar-refractivity contribution < 1.29 is 23.7 Å². The Morgan fingerprint density at radius 1 is 1.21 bits per heavy atom. The van der Waals surface area contributed by atoms with Gasteiger partial charge in [-0.25, -0.2) is 9.78 Å². The number of anilines is 1. The second-order valence-corrected chi connectivity index (χ2v) is 7.23. The first-order valence-corrected chi connectivity index (χ1v) is 9.70. The molecule has 0 N–H and O–H groups in total. The molecule has 0 spiro atoms. The van der Waals surface area contributed by atoms with Crippen LogP contribution < -0.4 is 9.64 Å². The van der Waals surface area contributed by atoms with E-state index in [1.807, 2.05) is 49.5 Å². The van der Waals surface area contributed by atoms with Crippen LogP contribution >= 0.6 is 0 Å². The van der Waals surface area contributed by atoms with Crippen LogP contribution in [0.25, 0.3) is 0 Å². The van der Waals surface area contributed by atoms with E-state index in [0.29, 0.717) is 19.8 Å². The number of rotatable bonds is 8. The Balaban J connectivity index is 1.42. The van der Waals surface area contributed by atoms with Crippen LogP contribution in [0.2, 0.25) is 0 Å². The highest BCUT2D eigenvalue weighted by molar-refractivity contribution is 5.77. The van der Waals surface area contributed by atoms with Gasteiger partial charge in [0, 0.05) is 26.1 Å². The zero-order chi connectivity index (χ0) is 20.7. The molecule has 7 nitrogen and oxygen atoms in total. The number of ether oxygens (including phenoxy) is 4. The SMILES string of the molecule is COC(=O)[C@]1(C)OC[C@H](Cc2ccc(OCCN(C)c3ccccn3)cc2)CO1. The second kappa shape index (κ2) is 9.71. The average Bonchev–Trinajstić information content (AvgIpc) is 2.76. The minimum Gasteiger partial charge on any atom is -0.492 e. The molecule has 1 aromatic carbocycles. The van der Waals surface area contributed by atoms with Crippen molar-refractivity contribution in [2.24, 2.45) is 5.92 Å². The van der Waals surface area contributed by atoms with Gasteiger partial charge < -0.3 is 23.8 Å². The van der Waals surface area contributed by atoms with Crippen molar-refractivity contribution in [3.63, 3.8) is 0 Å². The van der Waals surface area contributed by atoms with Crippen LogP contribution in [-0.2, 0) is 25.4 Å². The molecule has 0 radical (unpaired) electrons. The summed E-state index contributed by atoms with van der Waals surface area (Å²) in [4.78, 5) is 18.1.